The zero-order chi connectivity index (χ0) is 28.2. The van der Waals surface area contributed by atoms with Crippen LogP contribution >= 0.6 is 11.6 Å². The Bertz CT molecular complexity index is 1310. The predicted octanol–water partition coefficient (Wildman–Crippen LogP) is 1.53. The van der Waals surface area contributed by atoms with Crippen molar-refractivity contribution < 1.29 is 28.7 Å². The van der Waals surface area contributed by atoms with E-state index in [1.165, 1.54) is 4.90 Å². The molecule has 0 aromatic heterocycles. The average Bonchev–Trinajstić information content (AvgIpc) is 3.69. The summed E-state index contributed by atoms with van der Waals surface area (Å²) in [5, 5.41) is 8.66. The van der Waals surface area contributed by atoms with E-state index in [1.807, 2.05) is 24.3 Å². The quantitative estimate of drug-likeness (QED) is 0.374. The van der Waals surface area contributed by atoms with Gasteiger partial charge in [-0.1, -0.05) is 35.9 Å². The van der Waals surface area contributed by atoms with Gasteiger partial charge in [-0.25, -0.2) is 0 Å². The molecule has 0 radical (unpaired) electrons. The highest BCUT2D eigenvalue weighted by molar-refractivity contribution is 6.38. The SMILES string of the molecule is O=C(NC1CC1)C(=O)[C@H](C[C@@H]1CCNC1=O)NC(=O)[C@@H]1Cc2ccccc2CN1C(=O)COc1ccc(Cl)cc1. The minimum absolute atomic E-state index is 0.00538. The van der Waals surface area contributed by atoms with Crippen molar-refractivity contribution in [2.24, 2.45) is 5.92 Å². The summed E-state index contributed by atoms with van der Waals surface area (Å²) in [4.78, 5) is 66.5. The molecule has 40 heavy (non-hydrogen) atoms. The van der Waals surface area contributed by atoms with Crippen LogP contribution in [0.15, 0.2) is 48.5 Å². The molecule has 2 aromatic carbocycles. The molecule has 2 heterocycles. The predicted molar refractivity (Wildman–Crippen MR) is 145 cm³/mol. The summed E-state index contributed by atoms with van der Waals surface area (Å²) in [6.07, 6.45) is 2.35. The van der Waals surface area contributed by atoms with E-state index in [2.05, 4.69) is 16.0 Å². The second-order valence-electron chi connectivity index (χ2n) is 10.4. The van der Waals surface area contributed by atoms with E-state index in [9.17, 15) is 24.0 Å². The van der Waals surface area contributed by atoms with Crippen molar-refractivity contribution >= 4 is 41.0 Å². The molecule has 1 saturated heterocycles. The van der Waals surface area contributed by atoms with E-state index in [4.69, 9.17) is 16.3 Å². The van der Waals surface area contributed by atoms with Crippen LogP contribution in [-0.4, -0.2) is 65.6 Å². The summed E-state index contributed by atoms with van der Waals surface area (Å²) in [5.74, 6) is -2.79. The lowest BCUT2D eigenvalue weighted by atomic mass is 9.92. The Morgan fingerprint density at radius 2 is 1.75 bits per heavy atom. The van der Waals surface area contributed by atoms with Crippen LogP contribution in [-0.2, 0) is 36.9 Å². The van der Waals surface area contributed by atoms with Crippen LogP contribution in [0.25, 0.3) is 0 Å². The topological polar surface area (TPSA) is 134 Å². The number of ether oxygens (including phenoxy) is 1. The maximum atomic E-state index is 13.7. The molecule has 4 amide bonds. The van der Waals surface area contributed by atoms with Crippen LogP contribution < -0.4 is 20.7 Å². The number of benzene rings is 2. The molecule has 11 heteroatoms. The Kier molecular flexibility index (Phi) is 8.35. The van der Waals surface area contributed by atoms with E-state index in [0.717, 1.165) is 24.0 Å². The Balaban J connectivity index is 1.33. The number of carbonyl (C=O) groups is 5. The molecule has 3 N–H and O–H groups in total. The van der Waals surface area contributed by atoms with Crippen molar-refractivity contribution in [3.05, 3.63) is 64.7 Å². The largest absolute Gasteiger partial charge is 0.484 e. The third kappa shape index (κ3) is 6.62. The summed E-state index contributed by atoms with van der Waals surface area (Å²) >= 11 is 5.92. The van der Waals surface area contributed by atoms with Crippen LogP contribution in [0.4, 0.5) is 0 Å². The molecule has 3 atom stereocenters. The van der Waals surface area contributed by atoms with E-state index >= 15 is 0 Å². The Morgan fingerprint density at radius 1 is 1.02 bits per heavy atom. The van der Waals surface area contributed by atoms with Crippen LogP contribution in [0.3, 0.4) is 0 Å². The summed E-state index contributed by atoms with van der Waals surface area (Å²) in [5.41, 5.74) is 1.82. The minimum Gasteiger partial charge on any atom is -0.484 e. The third-order valence-corrected chi connectivity index (χ3v) is 7.75. The molecular weight excluding hydrogens is 536 g/mol. The highest BCUT2D eigenvalue weighted by Crippen LogP contribution is 2.25. The fourth-order valence-corrected chi connectivity index (χ4v) is 5.20. The number of hydrogen-bond donors (Lipinski definition) is 3. The Morgan fingerprint density at radius 3 is 2.42 bits per heavy atom. The van der Waals surface area contributed by atoms with E-state index in [0.29, 0.717) is 23.7 Å². The molecule has 2 aromatic rings. The summed E-state index contributed by atoms with van der Waals surface area (Å²) < 4.78 is 5.65. The first kappa shape index (κ1) is 27.6. The second-order valence-corrected chi connectivity index (χ2v) is 10.9. The minimum atomic E-state index is -1.19. The maximum Gasteiger partial charge on any atom is 0.289 e. The van der Waals surface area contributed by atoms with Gasteiger partial charge in [0.15, 0.2) is 6.61 Å². The standard InChI is InChI=1S/C29H31ClN4O6/c30-20-5-9-22(10-6-20)40-16-25(35)34-15-19-4-2-1-3-17(19)14-24(34)28(38)33-23(13-18-11-12-31-27(18)37)26(36)29(39)32-21-7-8-21/h1-6,9-10,18,21,23-24H,7-8,11-16H2,(H,31,37)(H,32,39)(H,33,38)/t18-,23-,24-/m0/s1. The van der Waals surface area contributed by atoms with E-state index < -0.39 is 41.5 Å². The lowest BCUT2D eigenvalue weighted by molar-refractivity contribution is -0.145. The number of hydrogen-bond acceptors (Lipinski definition) is 6. The fraction of sp³-hybridized carbons (Fsp3) is 0.414. The molecule has 0 spiro atoms. The first-order valence-corrected chi connectivity index (χ1v) is 13.8. The van der Waals surface area contributed by atoms with Gasteiger partial charge in [0.2, 0.25) is 17.6 Å². The molecule has 2 aliphatic heterocycles. The zero-order valence-corrected chi connectivity index (χ0v) is 22.6. The van der Waals surface area contributed by atoms with Crippen molar-refractivity contribution in [2.45, 2.75) is 56.8 Å². The van der Waals surface area contributed by atoms with Crippen molar-refractivity contribution in [1.82, 2.24) is 20.9 Å². The molecule has 0 bridgehead atoms. The maximum absolute atomic E-state index is 13.7. The molecule has 210 valence electrons. The average molecular weight is 567 g/mol. The number of fused-ring (bicyclic) bond motifs is 1. The molecule has 1 aliphatic carbocycles. The molecule has 5 rings (SSSR count). The molecule has 0 unspecified atom stereocenters. The lowest BCUT2D eigenvalue weighted by Crippen LogP contribution is -2.57. The van der Waals surface area contributed by atoms with Crippen LogP contribution in [0.2, 0.25) is 5.02 Å². The summed E-state index contributed by atoms with van der Waals surface area (Å²) in [6, 6.07) is 12.0. The number of halogens is 1. The van der Waals surface area contributed by atoms with Gasteiger partial charge < -0.3 is 25.6 Å². The highest BCUT2D eigenvalue weighted by Gasteiger charge is 2.40. The lowest BCUT2D eigenvalue weighted by Gasteiger charge is -2.36. The van der Waals surface area contributed by atoms with Crippen LogP contribution in [0.1, 0.15) is 36.8 Å². The number of nitrogens with one attached hydrogen (secondary N) is 3. The van der Waals surface area contributed by atoms with Gasteiger partial charge >= 0.3 is 0 Å². The van der Waals surface area contributed by atoms with Gasteiger partial charge in [-0.2, -0.15) is 0 Å². The summed E-state index contributed by atoms with van der Waals surface area (Å²) in [6.45, 7) is 0.354. The molecule has 10 nitrogen and oxygen atoms in total. The molecule has 1 saturated carbocycles. The summed E-state index contributed by atoms with van der Waals surface area (Å²) in [7, 11) is 0. The number of rotatable bonds is 10. The normalized spacial score (nSPS) is 20.6. The van der Waals surface area contributed by atoms with Crippen molar-refractivity contribution in [1.29, 1.82) is 0 Å². The van der Waals surface area contributed by atoms with E-state index in [-0.39, 0.29) is 37.9 Å². The zero-order valence-electron chi connectivity index (χ0n) is 21.9. The van der Waals surface area contributed by atoms with Crippen molar-refractivity contribution in [3.63, 3.8) is 0 Å². The van der Waals surface area contributed by atoms with Crippen LogP contribution in [0, 0.1) is 5.92 Å². The van der Waals surface area contributed by atoms with Crippen molar-refractivity contribution in [3.8, 4) is 5.75 Å². The van der Waals surface area contributed by atoms with Crippen LogP contribution in [0.5, 0.6) is 5.75 Å². The first-order valence-electron chi connectivity index (χ1n) is 13.5. The Labute approximate surface area is 236 Å². The first-order chi connectivity index (χ1) is 19.3. The van der Waals surface area contributed by atoms with Gasteiger partial charge in [0.1, 0.15) is 11.8 Å². The fourth-order valence-electron chi connectivity index (χ4n) is 5.07. The molecular formula is C29H31ClN4O6. The van der Waals surface area contributed by atoms with Gasteiger partial charge in [0, 0.05) is 36.5 Å². The number of amides is 4. The monoisotopic (exact) mass is 566 g/mol. The van der Waals surface area contributed by atoms with Crippen molar-refractivity contribution in [2.75, 3.05) is 13.2 Å². The van der Waals surface area contributed by atoms with Gasteiger partial charge in [-0.15, -0.1) is 0 Å². The second kappa shape index (κ2) is 12.1. The highest BCUT2D eigenvalue weighted by atomic mass is 35.5. The van der Waals surface area contributed by atoms with Gasteiger partial charge in [0.25, 0.3) is 11.8 Å². The van der Waals surface area contributed by atoms with Gasteiger partial charge in [-0.3, -0.25) is 24.0 Å². The third-order valence-electron chi connectivity index (χ3n) is 7.50. The number of ketones is 1. The number of Topliss-reactive ketones (excluding diaryl/α,β-unsaturated/α-hetero) is 1. The van der Waals surface area contributed by atoms with Gasteiger partial charge in [0.05, 0.1) is 6.04 Å². The molecule has 3 aliphatic rings. The number of nitrogens with zero attached hydrogens (tertiary/aromatic N) is 1. The smallest absolute Gasteiger partial charge is 0.289 e. The van der Waals surface area contributed by atoms with E-state index in [1.54, 1.807) is 24.3 Å². The molecule has 2 fully saturated rings. The Hall–Kier alpha value is -3.92. The van der Waals surface area contributed by atoms with Gasteiger partial charge in [-0.05, 0) is 61.1 Å². The number of carbonyl (C=O) groups excluding carboxylic acids is 5.